The number of anilines is 1. The van der Waals surface area contributed by atoms with Crippen LogP contribution in [0.4, 0.5) is 5.69 Å². The third-order valence-electron chi connectivity index (χ3n) is 2.44. The quantitative estimate of drug-likeness (QED) is 0.893. The molecule has 9 heteroatoms. The third kappa shape index (κ3) is 2.80. The summed E-state index contributed by atoms with van der Waals surface area (Å²) in [6, 6.07) is 6.55. The molecule has 0 amide bonds. The van der Waals surface area contributed by atoms with E-state index in [9.17, 15) is 8.42 Å². The van der Waals surface area contributed by atoms with Crippen molar-refractivity contribution in [1.82, 2.24) is 9.55 Å². The van der Waals surface area contributed by atoms with E-state index in [0.717, 1.165) is 0 Å². The Labute approximate surface area is 129 Å². The van der Waals surface area contributed by atoms with E-state index in [1.165, 1.54) is 23.0 Å². The number of halogens is 2. The molecule has 6 nitrogen and oxygen atoms in total. The van der Waals surface area contributed by atoms with Crippen LogP contribution in [-0.2, 0) is 17.1 Å². The molecular formula is C11H8BrClN4O2S. The van der Waals surface area contributed by atoms with Gasteiger partial charge in [-0.15, -0.1) is 0 Å². The van der Waals surface area contributed by atoms with Gasteiger partial charge in [0.25, 0.3) is 10.0 Å². The van der Waals surface area contributed by atoms with Crippen molar-refractivity contribution in [3.8, 4) is 6.07 Å². The van der Waals surface area contributed by atoms with Gasteiger partial charge in [-0.1, -0.05) is 27.5 Å². The van der Waals surface area contributed by atoms with Gasteiger partial charge in [0.05, 0.1) is 17.6 Å². The molecule has 0 saturated carbocycles. The fourth-order valence-electron chi connectivity index (χ4n) is 1.47. The van der Waals surface area contributed by atoms with Crippen LogP contribution in [0.5, 0.6) is 0 Å². The van der Waals surface area contributed by atoms with E-state index in [4.69, 9.17) is 16.9 Å². The zero-order chi connectivity index (χ0) is 14.9. The second-order valence-electron chi connectivity index (χ2n) is 3.86. The van der Waals surface area contributed by atoms with Crippen LogP contribution in [-0.4, -0.2) is 18.0 Å². The Kier molecular flexibility index (Phi) is 4.04. The van der Waals surface area contributed by atoms with Gasteiger partial charge in [0.2, 0.25) is 5.03 Å². The number of benzene rings is 1. The zero-order valence-corrected chi connectivity index (χ0v) is 13.3. The molecule has 0 bridgehead atoms. The largest absolute Gasteiger partial charge is 0.324 e. The Bertz CT molecular complexity index is 810. The number of nitriles is 1. The Morgan fingerprint density at radius 2 is 2.20 bits per heavy atom. The highest BCUT2D eigenvalue weighted by molar-refractivity contribution is 9.10. The standard InChI is InChI=1S/C11H8BrClN4O2S/c1-17-6-15-11(10(17)13)20(18,19)16-9-4-8(12)3-2-7(9)5-14/h2-4,6,16H,1H3. The number of hydrogen-bond donors (Lipinski definition) is 1. The van der Waals surface area contributed by atoms with Gasteiger partial charge in [-0.05, 0) is 18.2 Å². The fraction of sp³-hybridized carbons (Fsp3) is 0.0909. The lowest BCUT2D eigenvalue weighted by Gasteiger charge is -2.08. The average molecular weight is 376 g/mol. The number of imidazole rings is 1. The van der Waals surface area contributed by atoms with Crippen LogP contribution < -0.4 is 4.72 Å². The summed E-state index contributed by atoms with van der Waals surface area (Å²) in [5.74, 6) is 0. The normalized spacial score (nSPS) is 11.1. The van der Waals surface area contributed by atoms with E-state index >= 15 is 0 Å². The fourth-order valence-corrected chi connectivity index (χ4v) is 3.33. The highest BCUT2D eigenvalue weighted by atomic mass is 79.9. The van der Waals surface area contributed by atoms with Crippen molar-refractivity contribution < 1.29 is 8.42 Å². The molecule has 0 aliphatic heterocycles. The predicted molar refractivity (Wildman–Crippen MR) is 77.9 cm³/mol. The molecule has 1 N–H and O–H groups in total. The molecule has 0 radical (unpaired) electrons. The van der Waals surface area contributed by atoms with Crippen LogP contribution in [0.1, 0.15) is 5.56 Å². The molecule has 1 aromatic heterocycles. The van der Waals surface area contributed by atoms with Crippen LogP contribution in [0.15, 0.2) is 34.0 Å². The van der Waals surface area contributed by atoms with Gasteiger partial charge in [-0.25, -0.2) is 4.98 Å². The van der Waals surface area contributed by atoms with Gasteiger partial charge in [-0.3, -0.25) is 4.72 Å². The molecule has 0 spiro atoms. The Balaban J connectivity index is 2.47. The van der Waals surface area contributed by atoms with Crippen molar-refractivity contribution in [2.45, 2.75) is 5.03 Å². The maximum atomic E-state index is 12.2. The van der Waals surface area contributed by atoms with Crippen LogP contribution in [0, 0.1) is 11.3 Å². The molecule has 0 atom stereocenters. The maximum absolute atomic E-state index is 12.2. The minimum Gasteiger partial charge on any atom is -0.324 e. The van der Waals surface area contributed by atoms with Crippen molar-refractivity contribution in [3.05, 3.63) is 39.7 Å². The zero-order valence-electron chi connectivity index (χ0n) is 10.1. The minimum absolute atomic E-state index is 0.00833. The summed E-state index contributed by atoms with van der Waals surface area (Å²) < 4.78 is 28.8. The van der Waals surface area contributed by atoms with Crippen LogP contribution in [0.2, 0.25) is 5.15 Å². The molecule has 1 heterocycles. The molecule has 2 aromatic rings. The summed E-state index contributed by atoms with van der Waals surface area (Å²) >= 11 is 9.09. The number of sulfonamides is 1. The van der Waals surface area contributed by atoms with Crippen LogP contribution in [0.25, 0.3) is 0 Å². The predicted octanol–water partition coefficient (Wildman–Crippen LogP) is 2.51. The monoisotopic (exact) mass is 374 g/mol. The van der Waals surface area contributed by atoms with E-state index in [1.807, 2.05) is 6.07 Å². The van der Waals surface area contributed by atoms with Gasteiger partial charge in [-0.2, -0.15) is 13.7 Å². The van der Waals surface area contributed by atoms with Crippen LogP contribution in [0.3, 0.4) is 0 Å². The SMILES string of the molecule is Cn1cnc(S(=O)(=O)Nc2cc(Br)ccc2C#N)c1Cl. The van der Waals surface area contributed by atoms with Crippen molar-refractivity contribution in [3.63, 3.8) is 0 Å². The number of rotatable bonds is 3. The summed E-state index contributed by atoms with van der Waals surface area (Å²) in [5.41, 5.74) is 0.354. The molecule has 1 aromatic carbocycles. The number of aryl methyl sites for hydroxylation is 1. The van der Waals surface area contributed by atoms with E-state index in [-0.39, 0.29) is 21.4 Å². The van der Waals surface area contributed by atoms with Crippen molar-refractivity contribution in [1.29, 1.82) is 5.26 Å². The molecule has 0 aliphatic carbocycles. The van der Waals surface area contributed by atoms with Gasteiger partial charge in [0.15, 0.2) is 0 Å². The Hall–Kier alpha value is -1.56. The summed E-state index contributed by atoms with van der Waals surface area (Å²) in [6.07, 6.45) is 1.29. The van der Waals surface area contributed by atoms with E-state index < -0.39 is 10.0 Å². The topological polar surface area (TPSA) is 87.8 Å². The smallest absolute Gasteiger partial charge is 0.282 e. The van der Waals surface area contributed by atoms with Crippen molar-refractivity contribution in [2.75, 3.05) is 4.72 Å². The first-order valence-corrected chi connectivity index (χ1v) is 7.90. The number of aromatic nitrogens is 2. The molecule has 0 saturated heterocycles. The molecule has 0 aliphatic rings. The molecule has 0 unspecified atom stereocenters. The maximum Gasteiger partial charge on any atom is 0.282 e. The highest BCUT2D eigenvalue weighted by Crippen LogP contribution is 2.25. The summed E-state index contributed by atoms with van der Waals surface area (Å²) in [7, 11) is -2.38. The van der Waals surface area contributed by atoms with Crippen molar-refractivity contribution in [2.24, 2.45) is 7.05 Å². The molecule has 0 fully saturated rings. The highest BCUT2D eigenvalue weighted by Gasteiger charge is 2.23. The van der Waals surface area contributed by atoms with E-state index in [1.54, 1.807) is 13.1 Å². The Morgan fingerprint density at radius 1 is 1.50 bits per heavy atom. The first-order chi connectivity index (χ1) is 9.35. The first-order valence-electron chi connectivity index (χ1n) is 5.24. The third-order valence-corrected chi connectivity index (χ3v) is 4.78. The second kappa shape index (κ2) is 5.44. The first kappa shape index (κ1) is 14.8. The molecule has 104 valence electrons. The summed E-state index contributed by atoms with van der Waals surface area (Å²) in [4.78, 5) is 3.75. The average Bonchev–Trinajstić information content (AvgIpc) is 2.70. The van der Waals surface area contributed by atoms with Gasteiger partial charge in [0, 0.05) is 11.5 Å². The summed E-state index contributed by atoms with van der Waals surface area (Å²) in [6.45, 7) is 0. The van der Waals surface area contributed by atoms with Gasteiger partial charge >= 0.3 is 0 Å². The minimum atomic E-state index is -3.96. The number of hydrogen-bond acceptors (Lipinski definition) is 4. The lowest BCUT2D eigenvalue weighted by atomic mass is 10.2. The molecular weight excluding hydrogens is 368 g/mol. The number of nitrogens with one attached hydrogen (secondary N) is 1. The molecule has 20 heavy (non-hydrogen) atoms. The lowest BCUT2D eigenvalue weighted by molar-refractivity contribution is 0.598. The Morgan fingerprint density at radius 3 is 2.75 bits per heavy atom. The van der Waals surface area contributed by atoms with Crippen molar-refractivity contribution >= 4 is 43.2 Å². The number of nitrogens with zero attached hydrogens (tertiary/aromatic N) is 3. The van der Waals surface area contributed by atoms with Gasteiger partial charge in [0.1, 0.15) is 11.2 Å². The van der Waals surface area contributed by atoms with E-state index in [2.05, 4.69) is 25.6 Å². The van der Waals surface area contributed by atoms with E-state index in [0.29, 0.717) is 4.47 Å². The second-order valence-corrected chi connectivity index (χ2v) is 6.73. The lowest BCUT2D eigenvalue weighted by Crippen LogP contribution is -2.15. The van der Waals surface area contributed by atoms with Crippen LogP contribution >= 0.6 is 27.5 Å². The molecule has 2 rings (SSSR count). The summed E-state index contributed by atoms with van der Waals surface area (Å²) in [5, 5.41) is 8.69. The van der Waals surface area contributed by atoms with Gasteiger partial charge < -0.3 is 4.57 Å².